The molecule has 0 saturated carbocycles. The van der Waals surface area contributed by atoms with Crippen LogP contribution in [-0.2, 0) is 39.3 Å². The Kier molecular flexibility index (Phi) is 13.2. The van der Waals surface area contributed by atoms with Gasteiger partial charge in [-0.05, 0) is 138 Å². The van der Waals surface area contributed by atoms with Crippen molar-refractivity contribution in [1.29, 1.82) is 0 Å². The molecule has 0 N–H and O–H groups in total. The van der Waals surface area contributed by atoms with E-state index in [2.05, 4.69) is 264 Å². The fraction of sp³-hybridized carbons (Fsp3) is 0.182. The van der Waals surface area contributed by atoms with E-state index in [1.165, 1.54) is 39.1 Å². The largest absolute Gasteiger partial charge is 0.493 e. The molecule has 4 nitrogen and oxygen atoms in total. The molecule has 2 aromatic heterocycles. The molecule has 5 heteroatoms. The first-order valence-electron chi connectivity index (χ1n) is 24.9. The molecule has 0 bridgehead atoms. The van der Waals surface area contributed by atoms with E-state index in [1.807, 2.05) is 6.20 Å². The summed E-state index contributed by atoms with van der Waals surface area (Å²) in [5.74, 6) is 1.97. The van der Waals surface area contributed by atoms with Gasteiger partial charge in [-0.1, -0.05) is 148 Å². The molecule has 3 heterocycles. The van der Waals surface area contributed by atoms with Gasteiger partial charge in [0.25, 0.3) is 0 Å². The smallest absolute Gasteiger partial charge is 0.136 e. The monoisotopic (exact) mass is 1100 g/mol. The topological polar surface area (TPSA) is 24.3 Å². The first kappa shape index (κ1) is 47.7. The Hall–Kier alpha value is -7.00. The van der Waals surface area contributed by atoms with Gasteiger partial charge in [-0.25, -0.2) is 4.98 Å². The predicted octanol–water partition coefficient (Wildman–Crippen LogP) is 16.6. The molecule has 0 aliphatic carbocycles. The minimum Gasteiger partial charge on any atom is -0.493 e. The van der Waals surface area contributed by atoms with E-state index < -0.39 is 5.41 Å². The Morgan fingerprint density at radius 1 is 0.549 bits per heavy atom. The molecule has 1 aliphatic rings. The minimum atomic E-state index is -0.824. The predicted molar refractivity (Wildman–Crippen MR) is 293 cm³/mol. The number of hydrogen-bond acceptors (Lipinski definition) is 3. The van der Waals surface area contributed by atoms with Gasteiger partial charge in [-0.15, -0.1) is 28.9 Å². The summed E-state index contributed by atoms with van der Waals surface area (Å²) in [4.78, 5) is 9.80. The number of benzene rings is 8. The number of nitrogens with zero attached hydrogens (tertiary/aromatic N) is 4. The number of hydrogen-bond donors (Lipinski definition) is 0. The Morgan fingerprint density at radius 2 is 1.14 bits per heavy atom. The van der Waals surface area contributed by atoms with Crippen molar-refractivity contribution in [3.63, 3.8) is 0 Å². The number of aromatic nitrogens is 2. The van der Waals surface area contributed by atoms with Crippen LogP contribution in [0.25, 0.3) is 38.8 Å². The number of aryl methyl sites for hydroxylation is 3. The van der Waals surface area contributed by atoms with Gasteiger partial charge in [-0.2, -0.15) is 42.5 Å². The van der Waals surface area contributed by atoms with Crippen molar-refractivity contribution in [3.8, 4) is 16.9 Å². The number of pyridine rings is 1. The number of anilines is 4. The molecule has 0 radical (unpaired) electrons. The third-order valence-electron chi connectivity index (χ3n) is 14.0. The van der Waals surface area contributed by atoms with Crippen molar-refractivity contribution >= 4 is 44.6 Å². The number of fused-ring (bicyclic) bond motifs is 4. The van der Waals surface area contributed by atoms with Gasteiger partial charge in [0, 0.05) is 55.3 Å². The Labute approximate surface area is 434 Å². The first-order valence-corrected chi connectivity index (χ1v) is 24.9. The molecule has 71 heavy (non-hydrogen) atoms. The van der Waals surface area contributed by atoms with Gasteiger partial charge in [-0.3, -0.25) is 0 Å². The fourth-order valence-electron chi connectivity index (χ4n) is 11.4. The van der Waals surface area contributed by atoms with Gasteiger partial charge in [0.05, 0.1) is 0 Å². The zero-order valence-electron chi connectivity index (χ0n) is 41.6. The van der Waals surface area contributed by atoms with E-state index in [1.54, 1.807) is 0 Å². The summed E-state index contributed by atoms with van der Waals surface area (Å²) in [6.07, 6.45) is 4.02. The van der Waals surface area contributed by atoms with Crippen LogP contribution >= 0.6 is 0 Å². The Balaban J connectivity index is 0.00000582. The maximum atomic E-state index is 5.11. The first-order chi connectivity index (χ1) is 34.1. The zero-order chi connectivity index (χ0) is 48.1. The molecule has 0 atom stereocenters. The molecule has 0 saturated heterocycles. The average Bonchev–Trinajstić information content (AvgIpc) is 3.91. The summed E-state index contributed by atoms with van der Waals surface area (Å²) < 4.78 is 2.31. The quantitative estimate of drug-likeness (QED) is 0.0900. The standard InChI is InChI=1S/C66H59N4.Pt/c1-44(2)33-49-37-50(34-45(3)4)39-57(38-49)69-43-68(61-27-16-17-28-62(61)69)56-24-18-23-54(41-56)66(52-19-10-8-11-20-52,53-21-12-9-13-22-53)55-29-30-59-58-25-14-15-26-60(58)70(63(59)42-55)64-40-51(31-32-67-64)65-47(6)35-46(5)36-48(65)7;/h8-32,35-40,43-45H,33-34H2,1-7H3;/q-3;. The molecule has 356 valence electrons. The van der Waals surface area contributed by atoms with Crippen molar-refractivity contribution < 1.29 is 21.1 Å². The number of para-hydroxylation sites is 3. The Bertz CT molecular complexity index is 3440. The van der Waals surface area contributed by atoms with E-state index in [0.717, 1.165) is 85.3 Å². The summed E-state index contributed by atoms with van der Waals surface area (Å²) in [6, 6.07) is 74.9. The number of rotatable bonds is 12. The zero-order valence-corrected chi connectivity index (χ0v) is 43.9. The van der Waals surface area contributed by atoms with Crippen LogP contribution in [0.3, 0.4) is 0 Å². The molecule has 0 amide bonds. The van der Waals surface area contributed by atoms with Gasteiger partial charge in [0.15, 0.2) is 0 Å². The maximum Gasteiger partial charge on any atom is 0.136 e. The van der Waals surface area contributed by atoms with Crippen molar-refractivity contribution in [2.45, 2.75) is 66.7 Å². The molecular formula is C66H59N4Pt-3. The molecule has 0 spiro atoms. The maximum absolute atomic E-state index is 5.11. The van der Waals surface area contributed by atoms with Gasteiger partial charge in [0.1, 0.15) is 5.82 Å². The van der Waals surface area contributed by atoms with Crippen molar-refractivity contribution in [2.75, 3.05) is 9.80 Å². The van der Waals surface area contributed by atoms with E-state index in [9.17, 15) is 0 Å². The summed E-state index contributed by atoms with van der Waals surface area (Å²) in [6.45, 7) is 18.1. The van der Waals surface area contributed by atoms with Gasteiger partial charge in [0.2, 0.25) is 0 Å². The van der Waals surface area contributed by atoms with Crippen molar-refractivity contribution in [1.82, 2.24) is 9.55 Å². The second-order valence-corrected chi connectivity index (χ2v) is 20.1. The van der Waals surface area contributed by atoms with E-state index in [-0.39, 0.29) is 21.1 Å². The van der Waals surface area contributed by atoms with Crippen LogP contribution in [-0.4, -0.2) is 9.55 Å². The third-order valence-corrected chi connectivity index (χ3v) is 14.0. The van der Waals surface area contributed by atoms with Crippen LogP contribution < -0.4 is 9.80 Å². The Morgan fingerprint density at radius 3 is 1.79 bits per heavy atom. The summed E-state index contributed by atoms with van der Waals surface area (Å²) in [5.41, 5.74) is 18.9. The van der Waals surface area contributed by atoms with Crippen LogP contribution in [0.4, 0.5) is 22.7 Å². The van der Waals surface area contributed by atoms with Gasteiger partial charge >= 0.3 is 0 Å². The van der Waals surface area contributed by atoms with Crippen LogP contribution in [0.1, 0.15) is 77.8 Å². The van der Waals surface area contributed by atoms with Crippen LogP contribution in [0, 0.1) is 51.4 Å². The average molecular weight is 1100 g/mol. The van der Waals surface area contributed by atoms with E-state index in [0.29, 0.717) is 11.8 Å². The minimum absolute atomic E-state index is 0. The second-order valence-electron chi connectivity index (χ2n) is 20.1. The van der Waals surface area contributed by atoms with E-state index in [4.69, 9.17) is 4.98 Å². The van der Waals surface area contributed by atoms with Crippen LogP contribution in [0.2, 0.25) is 0 Å². The van der Waals surface area contributed by atoms with Crippen LogP contribution in [0.5, 0.6) is 0 Å². The normalized spacial score (nSPS) is 12.6. The second kappa shape index (κ2) is 19.7. The summed E-state index contributed by atoms with van der Waals surface area (Å²) >= 11 is 0. The van der Waals surface area contributed by atoms with Crippen LogP contribution in [0.15, 0.2) is 188 Å². The molecule has 1 aliphatic heterocycles. The van der Waals surface area contributed by atoms with Crippen molar-refractivity contribution in [3.05, 3.63) is 257 Å². The summed E-state index contributed by atoms with van der Waals surface area (Å²) in [7, 11) is 0. The molecule has 0 fully saturated rings. The molecule has 8 aromatic carbocycles. The fourth-order valence-corrected chi connectivity index (χ4v) is 11.4. The summed E-state index contributed by atoms with van der Waals surface area (Å²) in [5, 5.41) is 2.28. The molecule has 10 aromatic rings. The molecule has 0 unspecified atom stereocenters. The molecular weight excluding hydrogens is 1040 g/mol. The van der Waals surface area contributed by atoms with E-state index >= 15 is 0 Å². The third kappa shape index (κ3) is 8.72. The molecule has 11 rings (SSSR count). The van der Waals surface area contributed by atoms with Gasteiger partial charge < -0.3 is 14.4 Å². The van der Waals surface area contributed by atoms with Crippen molar-refractivity contribution in [2.24, 2.45) is 11.8 Å². The SMILES string of the molecule is Cc1cc(C)c(-c2ccnc(-n3c4[c-]c(C(c5[c-]c(N6[CH-]N(c7cc(CC(C)C)cc(CC(C)C)c7)c7ccccc76)ccc5)(c5ccccc5)c5ccccc5)ccc4c4ccccc43)c2)c(C)c1.[Pt].